The first-order valence-corrected chi connectivity index (χ1v) is 8.21. The Labute approximate surface area is 153 Å². The number of amides is 1. The van der Waals surface area contributed by atoms with Crippen LogP contribution in [0.1, 0.15) is 28.0 Å². The molecule has 9 heteroatoms. The summed E-state index contributed by atoms with van der Waals surface area (Å²) < 4.78 is 42.6. The monoisotopic (exact) mass is 378 g/mol. The SMILES string of the molecule is NC1=NC(CCc2ccc(NC(=O)c3ccc(C(F)(F)F)nc3)cc2)CO1. The minimum Gasteiger partial charge on any atom is -0.463 e. The van der Waals surface area contributed by atoms with Gasteiger partial charge in [-0.25, -0.2) is 4.99 Å². The first kappa shape index (κ1) is 18.7. The molecule has 0 spiro atoms. The van der Waals surface area contributed by atoms with Gasteiger partial charge in [-0.2, -0.15) is 13.2 Å². The number of anilines is 1. The summed E-state index contributed by atoms with van der Waals surface area (Å²) in [5.41, 5.74) is 6.07. The number of aromatic nitrogens is 1. The van der Waals surface area contributed by atoms with Crippen molar-refractivity contribution in [3.05, 3.63) is 59.4 Å². The summed E-state index contributed by atoms with van der Waals surface area (Å²) >= 11 is 0. The standard InChI is InChI=1S/C18H17F3N4O2/c19-18(20,21)15-8-4-12(9-23-15)16(26)24-13-5-1-11(2-6-13)3-7-14-10-27-17(22)25-14/h1-2,4-6,8-9,14H,3,7,10H2,(H2,22,25)(H,24,26). The summed E-state index contributed by atoms with van der Waals surface area (Å²) in [6.07, 6.45) is -2.06. The van der Waals surface area contributed by atoms with Crippen molar-refractivity contribution in [3.63, 3.8) is 0 Å². The van der Waals surface area contributed by atoms with Gasteiger partial charge in [-0.3, -0.25) is 9.78 Å². The lowest BCUT2D eigenvalue weighted by Crippen LogP contribution is -2.14. The van der Waals surface area contributed by atoms with Crippen molar-refractivity contribution in [2.45, 2.75) is 25.1 Å². The fourth-order valence-corrected chi connectivity index (χ4v) is 2.57. The van der Waals surface area contributed by atoms with Crippen LogP contribution in [0.25, 0.3) is 0 Å². The maximum Gasteiger partial charge on any atom is 0.433 e. The maximum atomic E-state index is 12.5. The summed E-state index contributed by atoms with van der Waals surface area (Å²) in [4.78, 5) is 19.6. The first-order chi connectivity index (χ1) is 12.8. The highest BCUT2D eigenvalue weighted by Crippen LogP contribution is 2.27. The van der Waals surface area contributed by atoms with Crippen LogP contribution in [0.5, 0.6) is 0 Å². The van der Waals surface area contributed by atoms with Crippen molar-refractivity contribution in [2.75, 3.05) is 11.9 Å². The number of rotatable bonds is 5. The molecule has 0 fully saturated rings. The molecule has 1 aliphatic rings. The Morgan fingerprint density at radius 2 is 1.96 bits per heavy atom. The molecule has 1 aromatic carbocycles. The van der Waals surface area contributed by atoms with Crippen LogP contribution >= 0.6 is 0 Å². The molecule has 2 aromatic rings. The number of pyridine rings is 1. The van der Waals surface area contributed by atoms with E-state index in [9.17, 15) is 18.0 Å². The number of halogens is 3. The van der Waals surface area contributed by atoms with E-state index in [-0.39, 0.29) is 17.6 Å². The number of hydrogen-bond acceptors (Lipinski definition) is 5. The van der Waals surface area contributed by atoms with Gasteiger partial charge in [0.25, 0.3) is 11.9 Å². The van der Waals surface area contributed by atoms with Crippen LogP contribution in [-0.4, -0.2) is 29.6 Å². The largest absolute Gasteiger partial charge is 0.463 e. The van der Waals surface area contributed by atoms with E-state index in [1.165, 1.54) is 0 Å². The van der Waals surface area contributed by atoms with E-state index in [2.05, 4.69) is 15.3 Å². The second kappa shape index (κ2) is 7.65. The number of aliphatic imine (C=N–C) groups is 1. The molecule has 27 heavy (non-hydrogen) atoms. The molecule has 0 radical (unpaired) electrons. The van der Waals surface area contributed by atoms with Crippen molar-refractivity contribution >= 4 is 17.6 Å². The lowest BCUT2D eigenvalue weighted by molar-refractivity contribution is -0.141. The molecule has 1 aromatic heterocycles. The zero-order valence-corrected chi connectivity index (χ0v) is 14.2. The normalized spacial score (nSPS) is 16.6. The molecule has 2 heterocycles. The Kier molecular flexibility index (Phi) is 5.29. The van der Waals surface area contributed by atoms with Crippen LogP contribution in [0.3, 0.4) is 0 Å². The van der Waals surface area contributed by atoms with Gasteiger partial charge in [-0.1, -0.05) is 12.1 Å². The molecule has 0 aliphatic carbocycles. The number of benzene rings is 1. The van der Waals surface area contributed by atoms with E-state index >= 15 is 0 Å². The quantitative estimate of drug-likeness (QED) is 0.837. The van der Waals surface area contributed by atoms with Gasteiger partial charge in [0.2, 0.25) is 0 Å². The molecule has 1 atom stereocenters. The molecule has 3 N–H and O–H groups in total. The molecule has 1 unspecified atom stereocenters. The van der Waals surface area contributed by atoms with Crippen LogP contribution in [0, 0.1) is 0 Å². The topological polar surface area (TPSA) is 89.6 Å². The number of ether oxygens (including phenoxy) is 1. The molecule has 3 rings (SSSR count). The van der Waals surface area contributed by atoms with Crippen molar-refractivity contribution in [3.8, 4) is 0 Å². The third-order valence-corrected chi connectivity index (χ3v) is 4.03. The first-order valence-electron chi connectivity index (χ1n) is 8.21. The molecular weight excluding hydrogens is 361 g/mol. The summed E-state index contributed by atoms with van der Waals surface area (Å²) in [5, 5.41) is 2.63. The van der Waals surface area contributed by atoms with Crippen molar-refractivity contribution < 1.29 is 22.7 Å². The number of nitrogens with one attached hydrogen (secondary N) is 1. The van der Waals surface area contributed by atoms with Gasteiger partial charge in [0.1, 0.15) is 12.3 Å². The van der Waals surface area contributed by atoms with Crippen LogP contribution in [0.2, 0.25) is 0 Å². The molecular formula is C18H17F3N4O2. The maximum absolute atomic E-state index is 12.5. The lowest BCUT2D eigenvalue weighted by Gasteiger charge is -2.09. The highest BCUT2D eigenvalue weighted by atomic mass is 19.4. The molecule has 0 bridgehead atoms. The Bertz CT molecular complexity index is 833. The highest BCUT2D eigenvalue weighted by Gasteiger charge is 2.32. The van der Waals surface area contributed by atoms with E-state index < -0.39 is 17.8 Å². The van der Waals surface area contributed by atoms with Gasteiger partial charge in [0.15, 0.2) is 0 Å². The third kappa shape index (κ3) is 4.96. The Morgan fingerprint density at radius 1 is 1.22 bits per heavy atom. The van der Waals surface area contributed by atoms with E-state index in [0.29, 0.717) is 12.3 Å². The molecule has 1 amide bonds. The molecule has 142 valence electrons. The second-order valence-electron chi connectivity index (χ2n) is 6.05. The van der Waals surface area contributed by atoms with Gasteiger partial charge >= 0.3 is 6.18 Å². The van der Waals surface area contributed by atoms with Gasteiger partial charge in [0, 0.05) is 11.9 Å². The minimum atomic E-state index is -4.54. The highest BCUT2D eigenvalue weighted by molar-refractivity contribution is 6.04. The predicted octanol–water partition coefficient (Wildman–Crippen LogP) is 3.00. The van der Waals surface area contributed by atoms with Crippen molar-refractivity contribution in [1.29, 1.82) is 0 Å². The van der Waals surface area contributed by atoms with Crippen LogP contribution in [0.4, 0.5) is 18.9 Å². The van der Waals surface area contributed by atoms with Gasteiger partial charge in [0.05, 0.1) is 11.6 Å². The predicted molar refractivity (Wildman–Crippen MR) is 93.3 cm³/mol. The van der Waals surface area contributed by atoms with Gasteiger partial charge in [-0.05, 0) is 42.7 Å². The number of alkyl halides is 3. The summed E-state index contributed by atoms with van der Waals surface area (Å²) in [6, 6.07) is 9.33. The fraction of sp³-hybridized carbons (Fsp3) is 0.278. The zero-order chi connectivity index (χ0) is 19.4. The fourth-order valence-electron chi connectivity index (χ4n) is 2.57. The van der Waals surface area contributed by atoms with Crippen molar-refractivity contribution in [2.24, 2.45) is 10.7 Å². The number of carbonyl (C=O) groups is 1. The molecule has 0 saturated heterocycles. The third-order valence-electron chi connectivity index (χ3n) is 4.03. The van der Waals surface area contributed by atoms with Crippen LogP contribution in [0.15, 0.2) is 47.6 Å². The molecule has 6 nitrogen and oxygen atoms in total. The van der Waals surface area contributed by atoms with E-state index in [4.69, 9.17) is 10.5 Å². The Morgan fingerprint density at radius 3 is 2.52 bits per heavy atom. The molecule has 0 saturated carbocycles. The average Bonchev–Trinajstić information content (AvgIpc) is 3.06. The molecule has 1 aliphatic heterocycles. The van der Waals surface area contributed by atoms with Crippen molar-refractivity contribution in [1.82, 2.24) is 4.98 Å². The lowest BCUT2D eigenvalue weighted by atomic mass is 10.1. The Balaban J connectivity index is 1.55. The number of nitrogens with zero attached hydrogens (tertiary/aromatic N) is 2. The van der Waals surface area contributed by atoms with Gasteiger partial charge < -0.3 is 15.8 Å². The number of hydrogen-bond donors (Lipinski definition) is 2. The van der Waals surface area contributed by atoms with Gasteiger partial charge in [-0.15, -0.1) is 0 Å². The average molecular weight is 378 g/mol. The number of aryl methyl sites for hydroxylation is 1. The van der Waals surface area contributed by atoms with E-state index in [0.717, 1.165) is 36.7 Å². The number of nitrogens with two attached hydrogens (primary N) is 1. The zero-order valence-electron chi connectivity index (χ0n) is 14.2. The summed E-state index contributed by atoms with van der Waals surface area (Å²) in [6.45, 7) is 0.487. The number of amidine groups is 1. The summed E-state index contributed by atoms with van der Waals surface area (Å²) in [7, 11) is 0. The van der Waals surface area contributed by atoms with Crippen LogP contribution in [-0.2, 0) is 17.3 Å². The second-order valence-corrected chi connectivity index (χ2v) is 6.05. The number of carbonyl (C=O) groups excluding carboxylic acids is 1. The van der Waals surface area contributed by atoms with E-state index in [1.807, 2.05) is 12.1 Å². The minimum absolute atomic E-state index is 0.0451. The van der Waals surface area contributed by atoms with Crippen LogP contribution < -0.4 is 11.1 Å². The van der Waals surface area contributed by atoms with E-state index in [1.54, 1.807) is 12.1 Å². The Hall–Kier alpha value is -3.10. The smallest absolute Gasteiger partial charge is 0.433 e. The summed E-state index contributed by atoms with van der Waals surface area (Å²) in [5.74, 6) is -0.531.